The maximum atomic E-state index is 12.4. The lowest BCUT2D eigenvalue weighted by Crippen LogP contribution is -2.35. The summed E-state index contributed by atoms with van der Waals surface area (Å²) in [5.41, 5.74) is 1.30. The minimum atomic E-state index is -0.945. The van der Waals surface area contributed by atoms with E-state index in [1.54, 1.807) is 19.1 Å². The van der Waals surface area contributed by atoms with Crippen LogP contribution in [-0.4, -0.2) is 17.0 Å². The highest BCUT2D eigenvalue weighted by molar-refractivity contribution is 5.96. The number of benzene rings is 1. The molecule has 0 atom stereocenters. The summed E-state index contributed by atoms with van der Waals surface area (Å²) in [5, 5.41) is 11.9. The second-order valence-electron chi connectivity index (χ2n) is 5.91. The second kappa shape index (κ2) is 5.65. The van der Waals surface area contributed by atoms with E-state index in [1.165, 1.54) is 12.5 Å². The van der Waals surface area contributed by atoms with Crippen molar-refractivity contribution < 1.29 is 14.7 Å². The van der Waals surface area contributed by atoms with Crippen molar-refractivity contribution in [3.05, 3.63) is 29.3 Å². The third kappa shape index (κ3) is 3.00. The zero-order chi connectivity index (χ0) is 14.8. The first kappa shape index (κ1) is 14.6. The van der Waals surface area contributed by atoms with Gasteiger partial charge in [-0.25, -0.2) is 4.79 Å². The van der Waals surface area contributed by atoms with Crippen LogP contribution < -0.4 is 5.32 Å². The largest absolute Gasteiger partial charge is 0.478 e. The highest BCUT2D eigenvalue weighted by Crippen LogP contribution is 2.36. The lowest BCUT2D eigenvalue weighted by Gasteiger charge is -2.32. The van der Waals surface area contributed by atoms with Gasteiger partial charge in [0.2, 0.25) is 5.91 Å². The summed E-state index contributed by atoms with van der Waals surface area (Å²) < 4.78 is 0. The van der Waals surface area contributed by atoms with E-state index < -0.39 is 5.97 Å². The number of anilines is 1. The summed E-state index contributed by atoms with van der Waals surface area (Å²) >= 11 is 0. The molecule has 4 nitrogen and oxygen atoms in total. The third-order valence-electron chi connectivity index (χ3n) is 4.22. The fourth-order valence-electron chi connectivity index (χ4n) is 2.82. The van der Waals surface area contributed by atoms with E-state index >= 15 is 0 Å². The smallest absolute Gasteiger partial charge is 0.335 e. The number of aromatic carboxylic acids is 1. The van der Waals surface area contributed by atoms with Crippen molar-refractivity contribution in [3.8, 4) is 0 Å². The van der Waals surface area contributed by atoms with Gasteiger partial charge in [0.15, 0.2) is 0 Å². The van der Waals surface area contributed by atoms with Gasteiger partial charge >= 0.3 is 5.97 Å². The molecule has 1 aliphatic rings. The second-order valence-corrected chi connectivity index (χ2v) is 5.91. The van der Waals surface area contributed by atoms with Gasteiger partial charge in [-0.3, -0.25) is 4.79 Å². The van der Waals surface area contributed by atoms with Crippen LogP contribution in [-0.2, 0) is 4.79 Å². The lowest BCUT2D eigenvalue weighted by molar-refractivity contribution is -0.126. The molecule has 0 spiro atoms. The van der Waals surface area contributed by atoms with Crippen LogP contribution in [0.2, 0.25) is 0 Å². The van der Waals surface area contributed by atoms with Gasteiger partial charge in [0.25, 0.3) is 0 Å². The monoisotopic (exact) mass is 275 g/mol. The van der Waals surface area contributed by atoms with Crippen molar-refractivity contribution in [1.29, 1.82) is 0 Å². The van der Waals surface area contributed by atoms with Crippen LogP contribution in [0.3, 0.4) is 0 Å². The van der Waals surface area contributed by atoms with E-state index in [4.69, 9.17) is 5.11 Å². The molecule has 1 amide bonds. The number of carbonyl (C=O) groups excluding carboxylic acids is 1. The van der Waals surface area contributed by atoms with Gasteiger partial charge in [-0.05, 0) is 43.5 Å². The molecule has 4 heteroatoms. The number of hydrogen-bond acceptors (Lipinski definition) is 2. The molecule has 0 aromatic heterocycles. The molecule has 108 valence electrons. The van der Waals surface area contributed by atoms with Gasteiger partial charge in [-0.1, -0.05) is 26.2 Å². The first-order chi connectivity index (χ1) is 9.42. The number of carbonyl (C=O) groups is 2. The summed E-state index contributed by atoms with van der Waals surface area (Å²) in [6.07, 6.45) is 5.24. The predicted octanol–water partition coefficient (Wildman–Crippen LogP) is 3.60. The van der Waals surface area contributed by atoms with E-state index in [1.807, 2.05) is 6.92 Å². The summed E-state index contributed by atoms with van der Waals surface area (Å²) in [6, 6.07) is 4.91. The zero-order valence-corrected chi connectivity index (χ0v) is 12.0. The van der Waals surface area contributed by atoms with Crippen LogP contribution >= 0.6 is 0 Å². The Bertz CT molecular complexity index is 531. The van der Waals surface area contributed by atoms with Crippen molar-refractivity contribution in [2.45, 2.75) is 46.0 Å². The summed E-state index contributed by atoms with van der Waals surface area (Å²) in [4.78, 5) is 23.4. The Labute approximate surface area is 119 Å². The Morgan fingerprint density at radius 3 is 2.40 bits per heavy atom. The fraction of sp³-hybridized carbons (Fsp3) is 0.500. The SMILES string of the molecule is Cc1cc(NC(=O)C2(C)CCCCC2)ccc1C(=O)O. The molecule has 0 bridgehead atoms. The lowest BCUT2D eigenvalue weighted by atomic mass is 9.75. The molecule has 1 aromatic rings. The van der Waals surface area contributed by atoms with E-state index in [9.17, 15) is 9.59 Å². The number of amides is 1. The number of carboxylic acid groups (broad SMARTS) is 1. The molecular formula is C16H21NO3. The van der Waals surface area contributed by atoms with Crippen molar-refractivity contribution >= 4 is 17.6 Å². The first-order valence-electron chi connectivity index (χ1n) is 7.08. The van der Waals surface area contributed by atoms with Crippen LogP contribution in [0, 0.1) is 12.3 Å². The molecule has 1 fully saturated rings. The van der Waals surface area contributed by atoms with Gasteiger partial charge in [0, 0.05) is 11.1 Å². The number of nitrogens with one attached hydrogen (secondary N) is 1. The summed E-state index contributed by atoms with van der Waals surface area (Å²) in [5.74, 6) is -0.903. The van der Waals surface area contributed by atoms with Crippen LogP contribution in [0.15, 0.2) is 18.2 Å². The maximum absolute atomic E-state index is 12.4. The van der Waals surface area contributed by atoms with Crippen molar-refractivity contribution in [2.75, 3.05) is 5.32 Å². The number of aryl methyl sites for hydroxylation is 1. The molecule has 2 rings (SSSR count). The topological polar surface area (TPSA) is 66.4 Å². The third-order valence-corrected chi connectivity index (χ3v) is 4.22. The normalized spacial score (nSPS) is 17.5. The van der Waals surface area contributed by atoms with Crippen LogP contribution in [0.1, 0.15) is 54.9 Å². The number of rotatable bonds is 3. The molecular weight excluding hydrogens is 254 g/mol. The van der Waals surface area contributed by atoms with Gasteiger partial charge in [-0.2, -0.15) is 0 Å². The zero-order valence-electron chi connectivity index (χ0n) is 12.0. The standard InChI is InChI=1S/C16H21NO3/c1-11-10-12(6-7-13(11)14(18)19)17-15(20)16(2)8-4-3-5-9-16/h6-7,10H,3-5,8-9H2,1-2H3,(H,17,20)(H,18,19). The molecule has 0 saturated heterocycles. The molecule has 1 aliphatic carbocycles. The molecule has 0 unspecified atom stereocenters. The summed E-state index contributed by atoms with van der Waals surface area (Å²) in [6.45, 7) is 3.75. The highest BCUT2D eigenvalue weighted by atomic mass is 16.4. The quantitative estimate of drug-likeness (QED) is 0.885. The Morgan fingerprint density at radius 2 is 1.85 bits per heavy atom. The average molecular weight is 275 g/mol. The minimum Gasteiger partial charge on any atom is -0.478 e. The van der Waals surface area contributed by atoms with Crippen LogP contribution in [0.5, 0.6) is 0 Å². The van der Waals surface area contributed by atoms with Gasteiger partial charge < -0.3 is 10.4 Å². The number of hydrogen-bond donors (Lipinski definition) is 2. The van der Waals surface area contributed by atoms with Crippen LogP contribution in [0.4, 0.5) is 5.69 Å². The fourth-order valence-corrected chi connectivity index (χ4v) is 2.82. The van der Waals surface area contributed by atoms with Crippen molar-refractivity contribution in [3.63, 3.8) is 0 Å². The molecule has 2 N–H and O–H groups in total. The average Bonchev–Trinajstić information content (AvgIpc) is 2.39. The Morgan fingerprint density at radius 1 is 1.20 bits per heavy atom. The van der Waals surface area contributed by atoms with Crippen molar-refractivity contribution in [1.82, 2.24) is 0 Å². The van der Waals surface area contributed by atoms with Gasteiger partial charge in [0.05, 0.1) is 5.56 Å². The first-order valence-corrected chi connectivity index (χ1v) is 7.08. The highest BCUT2D eigenvalue weighted by Gasteiger charge is 2.34. The van der Waals surface area contributed by atoms with E-state index in [0.717, 1.165) is 25.7 Å². The van der Waals surface area contributed by atoms with Gasteiger partial charge in [0.1, 0.15) is 0 Å². The predicted molar refractivity (Wildman–Crippen MR) is 78.0 cm³/mol. The van der Waals surface area contributed by atoms with Crippen molar-refractivity contribution in [2.24, 2.45) is 5.41 Å². The Kier molecular flexibility index (Phi) is 4.12. The Hall–Kier alpha value is -1.84. The molecule has 0 heterocycles. The molecule has 1 saturated carbocycles. The maximum Gasteiger partial charge on any atom is 0.335 e. The minimum absolute atomic E-state index is 0.0414. The summed E-state index contributed by atoms with van der Waals surface area (Å²) in [7, 11) is 0. The van der Waals surface area contributed by atoms with E-state index in [0.29, 0.717) is 11.3 Å². The molecule has 0 radical (unpaired) electrons. The van der Waals surface area contributed by atoms with E-state index in [-0.39, 0.29) is 16.9 Å². The number of carboxylic acids is 1. The van der Waals surface area contributed by atoms with E-state index in [2.05, 4.69) is 5.32 Å². The molecule has 1 aromatic carbocycles. The Balaban J connectivity index is 2.12. The van der Waals surface area contributed by atoms with Crippen LogP contribution in [0.25, 0.3) is 0 Å². The van der Waals surface area contributed by atoms with Gasteiger partial charge in [-0.15, -0.1) is 0 Å². The molecule has 0 aliphatic heterocycles. The molecule has 20 heavy (non-hydrogen) atoms.